The van der Waals surface area contributed by atoms with Gasteiger partial charge in [-0.05, 0) is 25.5 Å². The number of aryl methyl sites for hydroxylation is 1. The van der Waals surface area contributed by atoms with E-state index in [1.165, 1.54) is 5.56 Å². The minimum Gasteiger partial charge on any atom is -0.338 e. The maximum Gasteiger partial charge on any atom is 0.240 e. The van der Waals surface area contributed by atoms with E-state index in [1.807, 2.05) is 62.4 Å². The van der Waals surface area contributed by atoms with Crippen molar-refractivity contribution < 1.29 is 9.32 Å². The minimum absolute atomic E-state index is 0.0488. The molecular formula is C20H20ClN3O2. The molecule has 0 saturated carbocycles. The molecule has 0 radical (unpaired) electrons. The van der Waals surface area contributed by atoms with Crippen LogP contribution >= 0.6 is 11.6 Å². The molecular weight excluding hydrogens is 350 g/mol. The summed E-state index contributed by atoms with van der Waals surface area (Å²) in [7, 11) is 0. The standard InChI is InChI=1S/C20H20ClN3O2/c1-13-7-9-15(10-8-13)18-11-20(26-24-18)23-19(25)12-22-14(2)16-5-3-4-6-17(16)21/h3-11,14,22H,12H2,1-2H3,(H,23,25)/t14-/m1/s1. The monoisotopic (exact) mass is 369 g/mol. The average molecular weight is 370 g/mol. The van der Waals surface area contributed by atoms with Crippen molar-refractivity contribution in [3.05, 3.63) is 70.7 Å². The third-order valence-corrected chi connectivity index (χ3v) is 4.40. The lowest BCUT2D eigenvalue weighted by Gasteiger charge is -2.15. The van der Waals surface area contributed by atoms with Crippen LogP contribution in [0.4, 0.5) is 5.88 Å². The predicted molar refractivity (Wildman–Crippen MR) is 103 cm³/mol. The maximum atomic E-state index is 12.1. The van der Waals surface area contributed by atoms with Crippen LogP contribution in [0.25, 0.3) is 11.3 Å². The van der Waals surface area contributed by atoms with Crippen LogP contribution in [0.5, 0.6) is 0 Å². The highest BCUT2D eigenvalue weighted by molar-refractivity contribution is 6.31. The Balaban J connectivity index is 1.55. The lowest BCUT2D eigenvalue weighted by molar-refractivity contribution is -0.115. The molecule has 0 aliphatic carbocycles. The van der Waals surface area contributed by atoms with Crippen LogP contribution < -0.4 is 10.6 Å². The van der Waals surface area contributed by atoms with Gasteiger partial charge in [-0.3, -0.25) is 10.1 Å². The van der Waals surface area contributed by atoms with Gasteiger partial charge >= 0.3 is 0 Å². The molecule has 1 amide bonds. The van der Waals surface area contributed by atoms with Crippen LogP contribution in [0.2, 0.25) is 5.02 Å². The molecule has 1 heterocycles. The summed E-state index contributed by atoms with van der Waals surface area (Å²) in [5.41, 5.74) is 3.73. The van der Waals surface area contributed by atoms with Crippen molar-refractivity contribution >= 4 is 23.4 Å². The number of amides is 1. The minimum atomic E-state index is -0.212. The van der Waals surface area contributed by atoms with Gasteiger partial charge in [-0.25, -0.2) is 0 Å². The molecule has 1 atom stereocenters. The summed E-state index contributed by atoms with van der Waals surface area (Å²) in [6.45, 7) is 4.11. The molecule has 3 rings (SSSR count). The highest BCUT2D eigenvalue weighted by atomic mass is 35.5. The Morgan fingerprint density at radius 1 is 1.19 bits per heavy atom. The van der Waals surface area contributed by atoms with Crippen LogP contribution in [0.15, 0.2) is 59.1 Å². The second kappa shape index (κ2) is 8.17. The first-order chi connectivity index (χ1) is 12.5. The summed E-state index contributed by atoms with van der Waals surface area (Å²) in [4.78, 5) is 12.1. The fourth-order valence-electron chi connectivity index (χ4n) is 2.56. The van der Waals surface area contributed by atoms with Crippen molar-refractivity contribution in [2.75, 3.05) is 11.9 Å². The molecule has 2 aromatic carbocycles. The van der Waals surface area contributed by atoms with Crippen LogP contribution in [0.1, 0.15) is 24.1 Å². The Morgan fingerprint density at radius 2 is 1.92 bits per heavy atom. The van der Waals surface area contributed by atoms with Crippen LogP contribution in [0, 0.1) is 6.92 Å². The first-order valence-electron chi connectivity index (χ1n) is 8.34. The smallest absolute Gasteiger partial charge is 0.240 e. The van der Waals surface area contributed by atoms with E-state index in [9.17, 15) is 4.79 Å². The number of aromatic nitrogens is 1. The second-order valence-electron chi connectivity index (χ2n) is 6.11. The lowest BCUT2D eigenvalue weighted by atomic mass is 10.1. The molecule has 1 aromatic heterocycles. The summed E-state index contributed by atoms with van der Waals surface area (Å²) in [5.74, 6) is 0.105. The van der Waals surface area contributed by atoms with Crippen LogP contribution in [-0.2, 0) is 4.79 Å². The van der Waals surface area contributed by atoms with Gasteiger partial charge in [-0.1, -0.05) is 64.8 Å². The Bertz CT molecular complexity index is 890. The van der Waals surface area contributed by atoms with Crippen LogP contribution in [-0.4, -0.2) is 17.6 Å². The van der Waals surface area contributed by atoms with E-state index in [-0.39, 0.29) is 18.5 Å². The number of hydrogen-bond acceptors (Lipinski definition) is 4. The van der Waals surface area contributed by atoms with E-state index in [4.69, 9.17) is 16.1 Å². The number of hydrogen-bond donors (Lipinski definition) is 2. The topological polar surface area (TPSA) is 67.2 Å². The third kappa shape index (κ3) is 4.50. The summed E-state index contributed by atoms with van der Waals surface area (Å²) >= 11 is 6.17. The van der Waals surface area contributed by atoms with E-state index < -0.39 is 0 Å². The van der Waals surface area contributed by atoms with Gasteiger partial charge in [0.2, 0.25) is 11.8 Å². The number of rotatable bonds is 6. The molecule has 0 aliphatic heterocycles. The summed E-state index contributed by atoms with van der Waals surface area (Å²) < 4.78 is 5.20. The van der Waals surface area contributed by atoms with Gasteiger partial charge in [0.05, 0.1) is 6.54 Å². The van der Waals surface area contributed by atoms with Crippen molar-refractivity contribution in [3.8, 4) is 11.3 Å². The second-order valence-corrected chi connectivity index (χ2v) is 6.52. The van der Waals surface area contributed by atoms with Gasteiger partial charge in [-0.15, -0.1) is 0 Å². The van der Waals surface area contributed by atoms with Gasteiger partial charge in [-0.2, -0.15) is 0 Å². The molecule has 0 bridgehead atoms. The van der Waals surface area contributed by atoms with Gasteiger partial charge in [0.15, 0.2) is 0 Å². The number of nitrogens with zero attached hydrogens (tertiary/aromatic N) is 1. The van der Waals surface area contributed by atoms with E-state index in [0.29, 0.717) is 16.6 Å². The Hall–Kier alpha value is -2.63. The quantitative estimate of drug-likeness (QED) is 0.666. The summed E-state index contributed by atoms with van der Waals surface area (Å²) in [6.07, 6.45) is 0. The normalized spacial score (nSPS) is 12.0. The first kappa shape index (κ1) is 18.2. The van der Waals surface area contributed by atoms with E-state index in [0.717, 1.165) is 11.1 Å². The number of halogens is 1. The Kier molecular flexibility index (Phi) is 5.71. The largest absolute Gasteiger partial charge is 0.338 e. The highest BCUT2D eigenvalue weighted by Crippen LogP contribution is 2.23. The molecule has 0 spiro atoms. The molecule has 5 nitrogen and oxygen atoms in total. The SMILES string of the molecule is Cc1ccc(-c2cc(NC(=O)CN[C@H](C)c3ccccc3Cl)on2)cc1. The summed E-state index contributed by atoms with van der Waals surface area (Å²) in [6, 6.07) is 17.1. The fourth-order valence-corrected chi connectivity index (χ4v) is 2.86. The number of benzene rings is 2. The van der Waals surface area contributed by atoms with Crippen molar-refractivity contribution in [2.45, 2.75) is 19.9 Å². The molecule has 3 aromatic rings. The summed E-state index contributed by atoms with van der Waals surface area (Å²) in [5, 5.41) is 10.5. The Morgan fingerprint density at radius 3 is 2.65 bits per heavy atom. The van der Waals surface area contributed by atoms with Crippen molar-refractivity contribution in [1.82, 2.24) is 10.5 Å². The number of carbonyl (C=O) groups excluding carboxylic acids is 1. The van der Waals surface area contributed by atoms with Gasteiger partial charge in [0.25, 0.3) is 0 Å². The average Bonchev–Trinajstić information content (AvgIpc) is 3.09. The van der Waals surface area contributed by atoms with Crippen LogP contribution in [0.3, 0.4) is 0 Å². The van der Waals surface area contributed by atoms with E-state index >= 15 is 0 Å². The predicted octanol–water partition coefficient (Wildman–Crippen LogP) is 4.59. The van der Waals surface area contributed by atoms with E-state index in [1.54, 1.807) is 6.07 Å². The zero-order valence-electron chi connectivity index (χ0n) is 14.6. The van der Waals surface area contributed by atoms with Crippen molar-refractivity contribution in [3.63, 3.8) is 0 Å². The Labute approximate surface area is 157 Å². The number of carbonyl (C=O) groups is 1. The molecule has 134 valence electrons. The zero-order chi connectivity index (χ0) is 18.5. The number of nitrogens with one attached hydrogen (secondary N) is 2. The molecule has 6 heteroatoms. The van der Waals surface area contributed by atoms with E-state index in [2.05, 4.69) is 15.8 Å². The third-order valence-electron chi connectivity index (χ3n) is 4.06. The maximum absolute atomic E-state index is 12.1. The lowest BCUT2D eigenvalue weighted by Crippen LogP contribution is -2.30. The van der Waals surface area contributed by atoms with Gasteiger partial charge < -0.3 is 9.84 Å². The number of anilines is 1. The van der Waals surface area contributed by atoms with Crippen molar-refractivity contribution in [1.29, 1.82) is 0 Å². The van der Waals surface area contributed by atoms with Gasteiger partial charge in [0.1, 0.15) is 5.69 Å². The molecule has 26 heavy (non-hydrogen) atoms. The molecule has 0 aliphatic rings. The fraction of sp³-hybridized carbons (Fsp3) is 0.200. The van der Waals surface area contributed by atoms with Gasteiger partial charge in [0, 0.05) is 22.7 Å². The van der Waals surface area contributed by atoms with Crippen molar-refractivity contribution in [2.24, 2.45) is 0 Å². The molecule has 0 unspecified atom stereocenters. The zero-order valence-corrected chi connectivity index (χ0v) is 15.4. The highest BCUT2D eigenvalue weighted by Gasteiger charge is 2.13. The molecule has 0 saturated heterocycles. The first-order valence-corrected chi connectivity index (χ1v) is 8.72. The molecule has 2 N–H and O–H groups in total. The molecule has 0 fully saturated rings.